The molecule has 0 atom stereocenters. The van der Waals surface area contributed by atoms with Crippen LogP contribution in [0.25, 0.3) is 11.3 Å². The molecule has 0 spiro atoms. The molecule has 1 aromatic carbocycles. The molecule has 0 N–H and O–H groups in total. The molecular weight excluding hydrogens is 288 g/mol. The Morgan fingerprint density at radius 3 is 2.76 bits per heavy atom. The Balaban J connectivity index is 2.02. The molecule has 0 aliphatic carbocycles. The quantitative estimate of drug-likeness (QED) is 0.798. The number of hydrogen-bond donors (Lipinski definition) is 0. The first kappa shape index (κ1) is 13.8. The molecule has 21 heavy (non-hydrogen) atoms. The van der Waals surface area contributed by atoms with Crippen LogP contribution in [0.15, 0.2) is 30.5 Å². The second-order valence-electron chi connectivity index (χ2n) is 4.69. The maximum absolute atomic E-state index is 9.23. The Bertz CT molecular complexity index is 692. The number of anilines is 1. The van der Waals surface area contributed by atoms with E-state index < -0.39 is 0 Å². The first-order chi connectivity index (χ1) is 10.3. The van der Waals surface area contributed by atoms with Crippen LogP contribution < -0.4 is 4.90 Å². The van der Waals surface area contributed by atoms with Gasteiger partial charge < -0.3 is 9.64 Å². The van der Waals surface area contributed by atoms with Crippen LogP contribution in [-0.4, -0.2) is 36.3 Å². The number of aromatic nitrogens is 2. The first-order valence-corrected chi connectivity index (χ1v) is 7.01. The minimum atomic E-state index is 0.197. The summed E-state index contributed by atoms with van der Waals surface area (Å²) in [6, 6.07) is 9.69. The van der Waals surface area contributed by atoms with Gasteiger partial charge in [-0.15, -0.1) is 0 Å². The molecule has 0 bridgehead atoms. The standard InChI is InChI=1S/C15H13ClN4O/c16-15-18-2-1-14(19-15)12-7-11(10-17)8-13(9-12)20-3-5-21-6-4-20/h1-2,7-9H,3-6H2. The average molecular weight is 301 g/mol. The molecule has 0 saturated carbocycles. The third-order valence-electron chi connectivity index (χ3n) is 3.35. The van der Waals surface area contributed by atoms with Crippen molar-refractivity contribution in [3.63, 3.8) is 0 Å². The highest BCUT2D eigenvalue weighted by molar-refractivity contribution is 6.28. The summed E-state index contributed by atoms with van der Waals surface area (Å²) in [4.78, 5) is 10.3. The van der Waals surface area contributed by atoms with Gasteiger partial charge in [0.15, 0.2) is 0 Å². The van der Waals surface area contributed by atoms with Crippen molar-refractivity contribution in [2.75, 3.05) is 31.2 Å². The molecule has 0 unspecified atom stereocenters. The molecule has 3 rings (SSSR count). The van der Waals surface area contributed by atoms with E-state index >= 15 is 0 Å². The Hall–Kier alpha value is -2.16. The second-order valence-corrected chi connectivity index (χ2v) is 5.03. The zero-order chi connectivity index (χ0) is 14.7. The van der Waals surface area contributed by atoms with Crippen LogP contribution in [-0.2, 0) is 4.74 Å². The van der Waals surface area contributed by atoms with Gasteiger partial charge in [-0.2, -0.15) is 5.26 Å². The van der Waals surface area contributed by atoms with E-state index in [4.69, 9.17) is 16.3 Å². The normalized spacial score (nSPS) is 14.8. The van der Waals surface area contributed by atoms with Crippen LogP contribution in [0.5, 0.6) is 0 Å². The van der Waals surface area contributed by atoms with E-state index in [1.807, 2.05) is 18.2 Å². The van der Waals surface area contributed by atoms with Crippen molar-refractivity contribution in [2.45, 2.75) is 0 Å². The van der Waals surface area contributed by atoms with Crippen molar-refractivity contribution in [1.82, 2.24) is 9.97 Å². The van der Waals surface area contributed by atoms with Crippen molar-refractivity contribution >= 4 is 17.3 Å². The van der Waals surface area contributed by atoms with Gasteiger partial charge >= 0.3 is 0 Å². The number of halogens is 1. The summed E-state index contributed by atoms with van der Waals surface area (Å²) in [5.41, 5.74) is 3.17. The fraction of sp³-hybridized carbons (Fsp3) is 0.267. The summed E-state index contributed by atoms with van der Waals surface area (Å²) in [5.74, 6) is 0. The highest BCUT2D eigenvalue weighted by atomic mass is 35.5. The first-order valence-electron chi connectivity index (χ1n) is 6.63. The highest BCUT2D eigenvalue weighted by Crippen LogP contribution is 2.26. The summed E-state index contributed by atoms with van der Waals surface area (Å²) in [6.45, 7) is 3.04. The second kappa shape index (κ2) is 6.08. The Kier molecular flexibility index (Phi) is 4.00. The Morgan fingerprint density at radius 2 is 2.05 bits per heavy atom. The molecule has 2 heterocycles. The maximum Gasteiger partial charge on any atom is 0.222 e. The molecule has 1 aliphatic heterocycles. The van der Waals surface area contributed by atoms with Crippen molar-refractivity contribution < 1.29 is 4.74 Å². The van der Waals surface area contributed by atoms with E-state index in [1.54, 1.807) is 12.3 Å². The van der Waals surface area contributed by atoms with Gasteiger partial charge in [0.1, 0.15) is 0 Å². The molecule has 1 fully saturated rings. The number of hydrogen-bond acceptors (Lipinski definition) is 5. The van der Waals surface area contributed by atoms with Gasteiger partial charge in [-0.3, -0.25) is 0 Å². The molecule has 1 aliphatic rings. The van der Waals surface area contributed by atoms with Crippen LogP contribution in [0.2, 0.25) is 5.28 Å². The van der Waals surface area contributed by atoms with Crippen LogP contribution in [0.4, 0.5) is 5.69 Å². The molecule has 0 radical (unpaired) electrons. The monoisotopic (exact) mass is 300 g/mol. The summed E-state index contributed by atoms with van der Waals surface area (Å²) in [5, 5.41) is 9.43. The third-order valence-corrected chi connectivity index (χ3v) is 3.53. The van der Waals surface area contributed by atoms with E-state index in [1.165, 1.54) is 0 Å². The molecular formula is C15H13ClN4O. The fourth-order valence-electron chi connectivity index (χ4n) is 2.32. The smallest absolute Gasteiger partial charge is 0.222 e. The molecule has 106 valence electrons. The van der Waals surface area contributed by atoms with E-state index in [2.05, 4.69) is 20.9 Å². The van der Waals surface area contributed by atoms with Gasteiger partial charge in [-0.25, -0.2) is 9.97 Å². The van der Waals surface area contributed by atoms with Crippen molar-refractivity contribution in [2.24, 2.45) is 0 Å². The Morgan fingerprint density at radius 1 is 1.24 bits per heavy atom. The largest absolute Gasteiger partial charge is 0.378 e. The number of benzene rings is 1. The lowest BCUT2D eigenvalue weighted by atomic mass is 10.1. The average Bonchev–Trinajstić information content (AvgIpc) is 2.55. The zero-order valence-corrected chi connectivity index (χ0v) is 12.0. The number of morpholine rings is 1. The van der Waals surface area contributed by atoms with Crippen LogP contribution in [0.1, 0.15) is 5.56 Å². The predicted molar refractivity (Wildman–Crippen MR) is 80.2 cm³/mol. The minimum absolute atomic E-state index is 0.197. The summed E-state index contributed by atoms with van der Waals surface area (Å²) in [7, 11) is 0. The highest BCUT2D eigenvalue weighted by Gasteiger charge is 2.14. The molecule has 5 nitrogen and oxygen atoms in total. The van der Waals surface area contributed by atoms with Gasteiger partial charge in [0, 0.05) is 30.5 Å². The Labute approximate surface area is 127 Å². The third kappa shape index (κ3) is 3.13. The molecule has 1 saturated heterocycles. The molecule has 6 heteroatoms. The maximum atomic E-state index is 9.23. The van der Waals surface area contributed by atoms with Gasteiger partial charge in [0.25, 0.3) is 0 Å². The van der Waals surface area contributed by atoms with Crippen LogP contribution >= 0.6 is 11.6 Å². The lowest BCUT2D eigenvalue weighted by Crippen LogP contribution is -2.36. The minimum Gasteiger partial charge on any atom is -0.378 e. The van der Waals surface area contributed by atoms with Crippen molar-refractivity contribution in [3.05, 3.63) is 41.3 Å². The predicted octanol–water partition coefficient (Wildman–Crippen LogP) is 2.51. The summed E-state index contributed by atoms with van der Waals surface area (Å²) >= 11 is 5.84. The zero-order valence-electron chi connectivity index (χ0n) is 11.3. The summed E-state index contributed by atoms with van der Waals surface area (Å²) in [6.07, 6.45) is 1.61. The van der Waals surface area contributed by atoms with Crippen molar-refractivity contribution in [1.29, 1.82) is 5.26 Å². The number of ether oxygens (including phenoxy) is 1. The number of nitriles is 1. The van der Waals surface area contributed by atoms with Gasteiger partial charge in [-0.1, -0.05) is 0 Å². The van der Waals surface area contributed by atoms with Gasteiger partial charge in [-0.05, 0) is 35.9 Å². The summed E-state index contributed by atoms with van der Waals surface area (Å²) < 4.78 is 5.36. The van der Waals surface area contributed by atoms with E-state index in [9.17, 15) is 5.26 Å². The van der Waals surface area contributed by atoms with Gasteiger partial charge in [0.2, 0.25) is 5.28 Å². The van der Waals surface area contributed by atoms with Crippen LogP contribution in [0.3, 0.4) is 0 Å². The molecule has 1 aromatic heterocycles. The number of nitrogens with zero attached hydrogens (tertiary/aromatic N) is 4. The topological polar surface area (TPSA) is 62.0 Å². The number of rotatable bonds is 2. The van der Waals surface area contributed by atoms with E-state index in [0.29, 0.717) is 24.5 Å². The van der Waals surface area contributed by atoms with Gasteiger partial charge in [0.05, 0.1) is 30.5 Å². The van der Waals surface area contributed by atoms with Crippen molar-refractivity contribution in [3.8, 4) is 17.3 Å². The lowest BCUT2D eigenvalue weighted by Gasteiger charge is -2.29. The molecule has 0 amide bonds. The lowest BCUT2D eigenvalue weighted by molar-refractivity contribution is 0.122. The van der Waals surface area contributed by atoms with E-state index in [-0.39, 0.29) is 5.28 Å². The fourth-order valence-corrected chi connectivity index (χ4v) is 2.47. The SMILES string of the molecule is N#Cc1cc(-c2ccnc(Cl)n2)cc(N2CCOCC2)c1. The van der Waals surface area contributed by atoms with Crippen LogP contribution in [0, 0.1) is 11.3 Å². The molecule has 2 aromatic rings. The van der Waals surface area contributed by atoms with E-state index in [0.717, 1.165) is 24.3 Å².